The Morgan fingerprint density at radius 3 is 2.90 bits per heavy atom. The molecule has 0 radical (unpaired) electrons. The Morgan fingerprint density at radius 1 is 1.48 bits per heavy atom. The molecule has 0 saturated carbocycles. The largest absolute Gasteiger partial charge is 0.401 e. The molecule has 1 unspecified atom stereocenters. The average Bonchev–Trinajstić information content (AvgIpc) is 2.81. The molecule has 1 atom stereocenters. The average molecular weight is 302 g/mol. The van der Waals surface area contributed by atoms with Crippen molar-refractivity contribution in [2.75, 3.05) is 19.6 Å². The Balaban J connectivity index is 1.88. The minimum atomic E-state index is -4.21. The van der Waals surface area contributed by atoms with E-state index in [4.69, 9.17) is 0 Å². The van der Waals surface area contributed by atoms with Crippen LogP contribution < -0.4 is 5.32 Å². The topological polar surface area (TPSA) is 58.1 Å². The van der Waals surface area contributed by atoms with Gasteiger partial charge in [-0.25, -0.2) is 9.97 Å². The van der Waals surface area contributed by atoms with Crippen LogP contribution in [0, 0.1) is 6.92 Å². The normalized spacial score (nSPS) is 19.7. The summed E-state index contributed by atoms with van der Waals surface area (Å²) >= 11 is 0. The lowest BCUT2D eigenvalue weighted by molar-refractivity contribution is -0.147. The molecule has 2 heterocycles. The second-order valence-corrected chi connectivity index (χ2v) is 5.14. The lowest BCUT2D eigenvalue weighted by Crippen LogP contribution is -2.44. The highest BCUT2D eigenvalue weighted by atomic mass is 19.4. The summed E-state index contributed by atoms with van der Waals surface area (Å²) in [6, 6.07) is 1.26. The van der Waals surface area contributed by atoms with Gasteiger partial charge in [0.1, 0.15) is 12.0 Å². The zero-order chi connectivity index (χ0) is 15.5. The van der Waals surface area contributed by atoms with Crippen LogP contribution in [0.3, 0.4) is 0 Å². The monoisotopic (exact) mass is 302 g/mol. The number of hydrogen-bond donors (Lipinski definition) is 1. The fourth-order valence-electron chi connectivity index (χ4n) is 2.44. The standard InChI is InChI=1S/C13H17F3N4O/c1-9-5-11(19-8-18-9)12(21)17-6-10-3-2-4-20(10)7-13(14,15)16/h5,8,10H,2-4,6-7H2,1H3,(H,17,21). The molecule has 1 aromatic rings. The van der Waals surface area contributed by atoms with Crippen molar-refractivity contribution in [1.82, 2.24) is 20.2 Å². The van der Waals surface area contributed by atoms with Crippen molar-refractivity contribution in [3.63, 3.8) is 0 Å². The molecule has 2 rings (SSSR count). The van der Waals surface area contributed by atoms with E-state index in [1.54, 1.807) is 6.92 Å². The van der Waals surface area contributed by atoms with Crippen LogP contribution in [0.2, 0.25) is 0 Å². The molecular weight excluding hydrogens is 285 g/mol. The number of rotatable bonds is 4. The van der Waals surface area contributed by atoms with E-state index in [9.17, 15) is 18.0 Å². The molecule has 8 heteroatoms. The molecule has 1 aliphatic heterocycles. The van der Waals surface area contributed by atoms with Crippen LogP contribution in [-0.2, 0) is 0 Å². The van der Waals surface area contributed by atoms with Crippen LogP contribution in [0.25, 0.3) is 0 Å². The Labute approximate surface area is 120 Å². The lowest BCUT2D eigenvalue weighted by Gasteiger charge is -2.25. The number of nitrogens with zero attached hydrogens (tertiary/aromatic N) is 3. The molecule has 1 saturated heterocycles. The number of amides is 1. The number of carbonyl (C=O) groups is 1. The quantitative estimate of drug-likeness (QED) is 0.916. The molecule has 0 spiro atoms. The van der Waals surface area contributed by atoms with E-state index in [0.717, 1.165) is 0 Å². The summed E-state index contributed by atoms with van der Waals surface area (Å²) in [5.41, 5.74) is 0.887. The lowest BCUT2D eigenvalue weighted by atomic mass is 10.2. The van der Waals surface area contributed by atoms with Gasteiger partial charge in [0, 0.05) is 18.3 Å². The van der Waals surface area contributed by atoms with Crippen molar-refractivity contribution in [2.45, 2.75) is 32.0 Å². The number of aryl methyl sites for hydroxylation is 1. The summed E-state index contributed by atoms with van der Waals surface area (Å²) in [5.74, 6) is -0.389. The Morgan fingerprint density at radius 2 is 2.24 bits per heavy atom. The van der Waals surface area contributed by atoms with Gasteiger partial charge in [-0.1, -0.05) is 0 Å². The highest BCUT2D eigenvalue weighted by Gasteiger charge is 2.36. The molecule has 1 N–H and O–H groups in total. The predicted molar refractivity (Wildman–Crippen MR) is 69.8 cm³/mol. The molecule has 0 bridgehead atoms. The van der Waals surface area contributed by atoms with Crippen molar-refractivity contribution in [2.24, 2.45) is 0 Å². The van der Waals surface area contributed by atoms with Crippen LogP contribution in [-0.4, -0.2) is 52.6 Å². The van der Waals surface area contributed by atoms with Gasteiger partial charge in [0.15, 0.2) is 0 Å². The first kappa shape index (κ1) is 15.7. The van der Waals surface area contributed by atoms with Crippen molar-refractivity contribution < 1.29 is 18.0 Å². The third-order valence-electron chi connectivity index (χ3n) is 3.42. The smallest absolute Gasteiger partial charge is 0.349 e. The Hall–Kier alpha value is -1.70. The molecule has 5 nitrogen and oxygen atoms in total. The number of likely N-dealkylation sites (tertiary alicyclic amines) is 1. The molecule has 21 heavy (non-hydrogen) atoms. The summed E-state index contributed by atoms with van der Waals surface area (Å²) in [4.78, 5) is 21.0. The molecule has 1 aromatic heterocycles. The third-order valence-corrected chi connectivity index (χ3v) is 3.42. The van der Waals surface area contributed by atoms with Crippen molar-refractivity contribution >= 4 is 5.91 Å². The summed E-state index contributed by atoms with van der Waals surface area (Å²) in [7, 11) is 0. The number of aromatic nitrogens is 2. The predicted octanol–water partition coefficient (Wildman–Crippen LogP) is 1.54. The third kappa shape index (κ3) is 4.66. The molecule has 1 amide bonds. The van der Waals surface area contributed by atoms with Gasteiger partial charge < -0.3 is 5.32 Å². The van der Waals surface area contributed by atoms with Crippen molar-refractivity contribution in [1.29, 1.82) is 0 Å². The number of alkyl halides is 3. The maximum atomic E-state index is 12.4. The van der Waals surface area contributed by atoms with Crippen LogP contribution >= 0.6 is 0 Å². The highest BCUT2D eigenvalue weighted by molar-refractivity contribution is 5.92. The van der Waals surface area contributed by atoms with E-state index in [1.165, 1.54) is 17.3 Å². The van der Waals surface area contributed by atoms with Gasteiger partial charge in [-0.3, -0.25) is 9.69 Å². The van der Waals surface area contributed by atoms with Gasteiger partial charge in [0.2, 0.25) is 0 Å². The molecule has 1 fully saturated rings. The first-order chi connectivity index (χ1) is 9.85. The van der Waals surface area contributed by atoms with Crippen LogP contribution in [0.4, 0.5) is 13.2 Å². The fourth-order valence-corrected chi connectivity index (χ4v) is 2.44. The van der Waals surface area contributed by atoms with Gasteiger partial charge in [-0.2, -0.15) is 13.2 Å². The van der Waals surface area contributed by atoms with Crippen LogP contribution in [0.15, 0.2) is 12.4 Å². The number of carbonyl (C=O) groups excluding carboxylic acids is 1. The Kier molecular flexibility index (Phi) is 4.76. The highest BCUT2D eigenvalue weighted by Crippen LogP contribution is 2.23. The first-order valence-corrected chi connectivity index (χ1v) is 6.73. The molecular formula is C13H17F3N4O. The van der Waals surface area contributed by atoms with Gasteiger partial charge in [0.25, 0.3) is 5.91 Å². The van der Waals surface area contributed by atoms with Gasteiger partial charge in [-0.15, -0.1) is 0 Å². The van der Waals surface area contributed by atoms with E-state index >= 15 is 0 Å². The van der Waals surface area contributed by atoms with Crippen LogP contribution in [0.1, 0.15) is 29.0 Å². The summed E-state index contributed by atoms with van der Waals surface area (Å²) < 4.78 is 37.3. The second kappa shape index (κ2) is 6.38. The van der Waals surface area contributed by atoms with Crippen molar-refractivity contribution in [3.8, 4) is 0 Å². The van der Waals surface area contributed by atoms with Crippen molar-refractivity contribution in [3.05, 3.63) is 23.8 Å². The van der Waals surface area contributed by atoms with E-state index in [-0.39, 0.29) is 24.2 Å². The minimum absolute atomic E-state index is 0.192. The second-order valence-electron chi connectivity index (χ2n) is 5.14. The van der Waals surface area contributed by atoms with E-state index in [1.807, 2.05) is 0 Å². The number of halogens is 3. The summed E-state index contributed by atoms with van der Waals surface area (Å²) in [5, 5.41) is 2.65. The summed E-state index contributed by atoms with van der Waals surface area (Å²) in [6.07, 6.45) is -1.56. The number of nitrogens with one attached hydrogen (secondary N) is 1. The van der Waals surface area contributed by atoms with E-state index in [0.29, 0.717) is 25.1 Å². The summed E-state index contributed by atoms with van der Waals surface area (Å²) in [6.45, 7) is 1.41. The first-order valence-electron chi connectivity index (χ1n) is 6.73. The molecule has 1 aliphatic rings. The molecule has 0 aromatic carbocycles. The zero-order valence-electron chi connectivity index (χ0n) is 11.7. The SMILES string of the molecule is Cc1cc(C(=O)NCC2CCCN2CC(F)(F)F)ncn1. The van der Waals surface area contributed by atoms with Gasteiger partial charge >= 0.3 is 6.18 Å². The van der Waals surface area contributed by atoms with E-state index < -0.39 is 12.7 Å². The molecule has 116 valence electrons. The molecule has 0 aliphatic carbocycles. The Bertz CT molecular complexity index is 506. The van der Waals surface area contributed by atoms with Gasteiger partial charge in [0.05, 0.1) is 6.54 Å². The fraction of sp³-hybridized carbons (Fsp3) is 0.615. The maximum absolute atomic E-state index is 12.4. The maximum Gasteiger partial charge on any atom is 0.401 e. The van der Waals surface area contributed by atoms with Crippen LogP contribution in [0.5, 0.6) is 0 Å². The zero-order valence-corrected chi connectivity index (χ0v) is 11.7. The van der Waals surface area contributed by atoms with Gasteiger partial charge in [-0.05, 0) is 32.4 Å². The minimum Gasteiger partial charge on any atom is -0.349 e. The number of hydrogen-bond acceptors (Lipinski definition) is 4. The van der Waals surface area contributed by atoms with E-state index in [2.05, 4.69) is 15.3 Å².